The van der Waals surface area contributed by atoms with Gasteiger partial charge in [0.2, 0.25) is 0 Å². The first-order chi connectivity index (χ1) is 20.1. The van der Waals surface area contributed by atoms with Crippen LogP contribution in [-0.2, 0) is 14.3 Å². The highest BCUT2D eigenvalue weighted by Crippen LogP contribution is 2.47. The minimum absolute atomic E-state index is 0.0153. The molecule has 10 nitrogen and oxygen atoms in total. The summed E-state index contributed by atoms with van der Waals surface area (Å²) in [6, 6.07) is 8.37. The number of esters is 1. The van der Waals surface area contributed by atoms with Crippen molar-refractivity contribution in [1.82, 2.24) is 4.98 Å². The molecule has 2 heterocycles. The number of hydrogen-bond acceptors (Lipinski definition) is 10. The topological polar surface area (TPSA) is 135 Å². The molecular weight excluding hydrogens is 628 g/mol. The molecule has 1 unspecified atom stereocenters. The monoisotopic (exact) mass is 656 g/mol. The molecule has 2 aromatic carbocycles. The number of aromatic hydroxyl groups is 1. The van der Waals surface area contributed by atoms with E-state index in [1.807, 2.05) is 6.92 Å². The Morgan fingerprint density at radius 3 is 2.71 bits per heavy atom. The third-order valence-corrected chi connectivity index (χ3v) is 8.16. The van der Waals surface area contributed by atoms with E-state index >= 15 is 0 Å². The number of amides is 1. The number of Topliss-reactive ketones (excluding diaryl/α,β-unsaturated/α-hetero) is 1. The third kappa shape index (κ3) is 6.04. The number of ketones is 1. The largest absolute Gasteiger partial charge is 0.507 e. The summed E-state index contributed by atoms with van der Waals surface area (Å²) in [5.41, 5.74) is 0.678. The predicted octanol–water partition coefficient (Wildman–Crippen LogP) is 6.08. The Balaban J connectivity index is 1.90. The van der Waals surface area contributed by atoms with Gasteiger partial charge in [-0.1, -0.05) is 49.5 Å². The van der Waals surface area contributed by atoms with Crippen LogP contribution in [0.5, 0.6) is 17.2 Å². The Morgan fingerprint density at radius 2 is 2.02 bits per heavy atom. The predicted molar refractivity (Wildman–Crippen MR) is 161 cm³/mol. The van der Waals surface area contributed by atoms with Gasteiger partial charge in [0.1, 0.15) is 23.0 Å². The standard InChI is InChI=1S/C30H29BrN2O8S/c1-5-7-12-40-19-10-8-9-17(13-19)24(34)22-23(18-14-20(31)25(35)21(15-18)39-4)33(28(37)26(22)36)30-32-16(3)27(42-30)29(38)41-11-6-2/h6,8-10,13-15,23,34-35H,2,5,7,11-12H2,1,3-4H3/b24-22+. The minimum Gasteiger partial charge on any atom is -0.507 e. The van der Waals surface area contributed by atoms with Gasteiger partial charge < -0.3 is 24.4 Å². The van der Waals surface area contributed by atoms with E-state index in [2.05, 4.69) is 27.5 Å². The number of aliphatic hydroxyl groups is 1. The molecule has 1 atom stereocenters. The van der Waals surface area contributed by atoms with E-state index in [0.29, 0.717) is 23.6 Å². The van der Waals surface area contributed by atoms with Gasteiger partial charge in [-0.2, -0.15) is 0 Å². The summed E-state index contributed by atoms with van der Waals surface area (Å²) >= 11 is 4.17. The highest BCUT2D eigenvalue weighted by atomic mass is 79.9. The van der Waals surface area contributed by atoms with Crippen molar-refractivity contribution in [3.8, 4) is 17.2 Å². The molecule has 4 rings (SSSR count). The number of benzene rings is 2. The zero-order valence-electron chi connectivity index (χ0n) is 23.2. The van der Waals surface area contributed by atoms with Crippen LogP contribution in [0.25, 0.3) is 5.76 Å². The fraction of sp³-hybridized carbons (Fsp3) is 0.267. The summed E-state index contributed by atoms with van der Waals surface area (Å²) in [6.07, 6.45) is 3.21. The molecule has 0 radical (unpaired) electrons. The van der Waals surface area contributed by atoms with E-state index < -0.39 is 29.5 Å². The average molecular weight is 658 g/mol. The third-order valence-electron chi connectivity index (χ3n) is 6.41. The van der Waals surface area contributed by atoms with Crippen molar-refractivity contribution in [2.75, 3.05) is 25.2 Å². The molecule has 2 N–H and O–H groups in total. The van der Waals surface area contributed by atoms with Crippen molar-refractivity contribution in [3.05, 3.63) is 80.8 Å². The lowest BCUT2D eigenvalue weighted by Crippen LogP contribution is -2.29. The molecule has 12 heteroatoms. The van der Waals surface area contributed by atoms with Crippen LogP contribution in [0.2, 0.25) is 0 Å². The van der Waals surface area contributed by atoms with Crippen LogP contribution < -0.4 is 14.4 Å². The van der Waals surface area contributed by atoms with Crippen LogP contribution in [-0.4, -0.2) is 53.2 Å². The summed E-state index contributed by atoms with van der Waals surface area (Å²) in [7, 11) is 1.36. The summed E-state index contributed by atoms with van der Waals surface area (Å²) < 4.78 is 16.5. The minimum atomic E-state index is -1.19. The molecule has 1 aromatic heterocycles. The lowest BCUT2D eigenvalue weighted by Gasteiger charge is -2.24. The highest BCUT2D eigenvalue weighted by molar-refractivity contribution is 9.10. The van der Waals surface area contributed by atoms with Crippen molar-refractivity contribution in [2.24, 2.45) is 0 Å². The molecule has 1 saturated heterocycles. The van der Waals surface area contributed by atoms with Gasteiger partial charge >= 0.3 is 11.9 Å². The number of thiazole rings is 1. The number of carbonyl (C=O) groups is 3. The van der Waals surface area contributed by atoms with Crippen LogP contribution in [0, 0.1) is 6.92 Å². The number of unbranched alkanes of at least 4 members (excludes halogenated alkanes) is 1. The number of nitrogens with zero attached hydrogens (tertiary/aromatic N) is 2. The fourth-order valence-corrected chi connectivity index (χ4v) is 5.80. The van der Waals surface area contributed by atoms with Crippen molar-refractivity contribution >= 4 is 55.8 Å². The number of aromatic nitrogens is 1. The van der Waals surface area contributed by atoms with E-state index in [-0.39, 0.29) is 43.7 Å². The van der Waals surface area contributed by atoms with E-state index in [0.717, 1.165) is 29.1 Å². The van der Waals surface area contributed by atoms with E-state index in [1.54, 1.807) is 31.2 Å². The van der Waals surface area contributed by atoms with Gasteiger partial charge in [-0.15, -0.1) is 0 Å². The molecular formula is C30H29BrN2O8S. The van der Waals surface area contributed by atoms with Crippen molar-refractivity contribution < 1.29 is 38.8 Å². The summed E-state index contributed by atoms with van der Waals surface area (Å²) in [5.74, 6) is -2.62. The Labute approximate surface area is 255 Å². The van der Waals surface area contributed by atoms with E-state index in [4.69, 9.17) is 14.2 Å². The second-order valence-corrected chi connectivity index (χ2v) is 11.1. The quantitative estimate of drug-likeness (QED) is 0.0629. The Bertz CT molecular complexity index is 1580. The van der Waals surface area contributed by atoms with Gasteiger partial charge in [0.15, 0.2) is 16.6 Å². The van der Waals surface area contributed by atoms with E-state index in [1.165, 1.54) is 25.3 Å². The Kier molecular flexibility index (Phi) is 9.69. The molecule has 0 bridgehead atoms. The van der Waals surface area contributed by atoms with Crippen LogP contribution in [0.15, 0.2) is 59.1 Å². The summed E-state index contributed by atoms with van der Waals surface area (Å²) in [4.78, 5) is 45.5. The lowest BCUT2D eigenvalue weighted by atomic mass is 9.95. The maximum atomic E-state index is 13.6. The zero-order valence-corrected chi connectivity index (χ0v) is 25.6. The van der Waals surface area contributed by atoms with E-state index in [9.17, 15) is 24.6 Å². The number of anilines is 1. The van der Waals surface area contributed by atoms with Gasteiger partial charge in [-0.3, -0.25) is 14.5 Å². The van der Waals surface area contributed by atoms with Crippen molar-refractivity contribution in [1.29, 1.82) is 0 Å². The van der Waals surface area contributed by atoms with Crippen LogP contribution in [0.4, 0.5) is 5.13 Å². The first-order valence-electron chi connectivity index (χ1n) is 13.0. The number of aliphatic hydroxyl groups excluding tert-OH is 1. The molecule has 1 aliphatic rings. The maximum Gasteiger partial charge on any atom is 0.350 e. The number of methoxy groups -OCH3 is 1. The zero-order chi connectivity index (χ0) is 30.6. The summed E-state index contributed by atoms with van der Waals surface area (Å²) in [5, 5.41) is 22.0. The molecule has 1 amide bonds. The number of aryl methyl sites for hydroxylation is 1. The molecule has 42 heavy (non-hydrogen) atoms. The second-order valence-electron chi connectivity index (χ2n) is 9.25. The van der Waals surface area contributed by atoms with Crippen molar-refractivity contribution in [3.63, 3.8) is 0 Å². The first kappa shape index (κ1) is 30.8. The molecule has 1 fully saturated rings. The number of phenols is 1. The van der Waals surface area contributed by atoms with Gasteiger partial charge in [-0.25, -0.2) is 9.78 Å². The smallest absolute Gasteiger partial charge is 0.350 e. The number of phenolic OH excluding ortho intramolecular Hbond substituents is 1. The number of rotatable bonds is 11. The molecule has 0 saturated carbocycles. The fourth-order valence-electron chi connectivity index (χ4n) is 4.35. The molecule has 220 valence electrons. The average Bonchev–Trinajstić information content (AvgIpc) is 3.49. The number of ether oxygens (including phenoxy) is 3. The van der Waals surface area contributed by atoms with Crippen LogP contribution in [0.1, 0.15) is 52.3 Å². The number of carbonyl (C=O) groups excluding carboxylic acids is 3. The van der Waals surface area contributed by atoms with Gasteiger partial charge in [0.05, 0.1) is 35.5 Å². The Hall–Kier alpha value is -4.16. The van der Waals surface area contributed by atoms with Gasteiger partial charge in [0, 0.05) is 5.56 Å². The number of hydrogen-bond donors (Lipinski definition) is 2. The Morgan fingerprint density at radius 1 is 1.26 bits per heavy atom. The molecule has 1 aliphatic heterocycles. The normalized spacial score (nSPS) is 16.0. The van der Waals surface area contributed by atoms with Crippen LogP contribution >= 0.6 is 27.3 Å². The maximum absolute atomic E-state index is 13.6. The molecule has 0 spiro atoms. The first-order valence-corrected chi connectivity index (χ1v) is 14.6. The molecule has 3 aromatic rings. The lowest BCUT2D eigenvalue weighted by molar-refractivity contribution is -0.132. The van der Waals surface area contributed by atoms with Gasteiger partial charge in [-0.05, 0) is 59.1 Å². The van der Waals surface area contributed by atoms with Gasteiger partial charge in [0.25, 0.3) is 5.78 Å². The number of halogens is 1. The second kappa shape index (κ2) is 13.2. The van der Waals surface area contributed by atoms with Crippen LogP contribution in [0.3, 0.4) is 0 Å². The molecule has 0 aliphatic carbocycles. The SMILES string of the molecule is C=CCOC(=O)c1sc(N2C(=O)C(=O)/C(=C(/O)c3cccc(OCCCC)c3)C2c2cc(Br)c(O)c(OC)c2)nc1C. The van der Waals surface area contributed by atoms with Crippen molar-refractivity contribution in [2.45, 2.75) is 32.7 Å². The highest BCUT2D eigenvalue weighted by Gasteiger charge is 2.49. The summed E-state index contributed by atoms with van der Waals surface area (Å²) in [6.45, 7) is 7.62.